The topological polar surface area (TPSA) is 30.5 Å². The molecule has 0 amide bonds. The molecule has 0 aliphatic heterocycles. The molecule has 3 nitrogen and oxygen atoms in total. The van der Waals surface area contributed by atoms with Crippen LogP contribution in [-0.2, 0) is 13.0 Å². The summed E-state index contributed by atoms with van der Waals surface area (Å²) in [5, 5.41) is 3.91. The highest BCUT2D eigenvalue weighted by molar-refractivity contribution is 5.50. The summed E-state index contributed by atoms with van der Waals surface area (Å²) in [4.78, 5) is 0. The van der Waals surface area contributed by atoms with Gasteiger partial charge in [0.05, 0.1) is 13.7 Å². The van der Waals surface area contributed by atoms with Gasteiger partial charge in [-0.1, -0.05) is 12.1 Å². The molecule has 4 aliphatic rings. The molecule has 5 rings (SSSR count). The highest BCUT2D eigenvalue weighted by Crippen LogP contribution is 2.61. The van der Waals surface area contributed by atoms with Crippen LogP contribution in [0.2, 0.25) is 0 Å². The van der Waals surface area contributed by atoms with Crippen molar-refractivity contribution in [1.82, 2.24) is 5.32 Å². The predicted molar refractivity (Wildman–Crippen MR) is 115 cm³/mol. The largest absolute Gasteiger partial charge is 0.493 e. The van der Waals surface area contributed by atoms with Gasteiger partial charge in [-0.2, -0.15) is 0 Å². The fourth-order valence-electron chi connectivity index (χ4n) is 6.79. The third-order valence-electron chi connectivity index (χ3n) is 7.68. The van der Waals surface area contributed by atoms with Crippen LogP contribution < -0.4 is 14.8 Å². The van der Waals surface area contributed by atoms with Crippen LogP contribution in [0.5, 0.6) is 11.5 Å². The van der Waals surface area contributed by atoms with E-state index in [4.69, 9.17) is 9.47 Å². The smallest absolute Gasteiger partial charge is 0.164 e. The van der Waals surface area contributed by atoms with Gasteiger partial charge in [-0.15, -0.1) is 6.58 Å². The Balaban J connectivity index is 1.48. The number of methoxy groups -OCH3 is 1. The first-order valence-corrected chi connectivity index (χ1v) is 11.2. The minimum absolute atomic E-state index is 0.536. The Kier molecular flexibility index (Phi) is 5.73. The van der Waals surface area contributed by atoms with Crippen LogP contribution in [0.3, 0.4) is 0 Å². The first kappa shape index (κ1) is 19.8. The van der Waals surface area contributed by atoms with Gasteiger partial charge in [-0.05, 0) is 93.6 Å². The first-order valence-electron chi connectivity index (χ1n) is 11.2. The van der Waals surface area contributed by atoms with E-state index in [1.165, 1.54) is 44.1 Å². The van der Waals surface area contributed by atoms with Crippen LogP contribution in [0.15, 0.2) is 24.8 Å². The van der Waals surface area contributed by atoms with Gasteiger partial charge in [0.1, 0.15) is 0 Å². The molecule has 0 aromatic heterocycles. The van der Waals surface area contributed by atoms with Crippen LogP contribution in [0.4, 0.5) is 0 Å². The molecular weight excluding hydrogens is 346 g/mol. The van der Waals surface area contributed by atoms with Crippen molar-refractivity contribution in [2.75, 3.05) is 13.7 Å². The van der Waals surface area contributed by atoms with E-state index in [2.05, 4.69) is 31.0 Å². The van der Waals surface area contributed by atoms with E-state index in [1.54, 1.807) is 7.11 Å². The Bertz CT molecular complexity index is 675. The molecule has 1 aromatic carbocycles. The summed E-state index contributed by atoms with van der Waals surface area (Å²) >= 11 is 0. The van der Waals surface area contributed by atoms with Gasteiger partial charge in [0.25, 0.3) is 0 Å². The normalized spacial score (nSPS) is 31.6. The van der Waals surface area contributed by atoms with Crippen molar-refractivity contribution in [3.8, 4) is 11.5 Å². The van der Waals surface area contributed by atoms with E-state index < -0.39 is 0 Å². The average Bonchev–Trinajstić information content (AvgIpc) is 2.66. The summed E-state index contributed by atoms with van der Waals surface area (Å²) in [6.07, 6.45) is 11.6. The minimum atomic E-state index is 0.536. The number of hydrogen-bond donors (Lipinski definition) is 1. The molecule has 1 atom stereocenters. The second kappa shape index (κ2) is 8.10. The van der Waals surface area contributed by atoms with E-state index >= 15 is 0 Å². The van der Waals surface area contributed by atoms with Gasteiger partial charge >= 0.3 is 0 Å². The average molecular weight is 384 g/mol. The molecule has 0 saturated heterocycles. The van der Waals surface area contributed by atoms with E-state index in [0.29, 0.717) is 18.1 Å². The lowest BCUT2D eigenvalue weighted by atomic mass is 9.48. The van der Waals surface area contributed by atoms with E-state index in [-0.39, 0.29) is 0 Å². The van der Waals surface area contributed by atoms with Crippen LogP contribution in [-0.4, -0.2) is 19.8 Å². The van der Waals surface area contributed by atoms with Crippen LogP contribution in [0.25, 0.3) is 0 Å². The minimum Gasteiger partial charge on any atom is -0.493 e. The van der Waals surface area contributed by atoms with E-state index in [1.807, 2.05) is 13.0 Å². The molecule has 154 valence electrons. The molecule has 1 unspecified atom stereocenters. The zero-order valence-corrected chi connectivity index (χ0v) is 17.9. The van der Waals surface area contributed by atoms with Crippen molar-refractivity contribution >= 4 is 0 Å². The van der Waals surface area contributed by atoms with Gasteiger partial charge in [-0.25, -0.2) is 0 Å². The molecule has 0 radical (unpaired) electrons. The van der Waals surface area contributed by atoms with E-state index in [0.717, 1.165) is 47.8 Å². The number of ether oxygens (including phenoxy) is 2. The van der Waals surface area contributed by atoms with Crippen LogP contribution in [0.1, 0.15) is 63.5 Å². The van der Waals surface area contributed by atoms with Gasteiger partial charge in [-0.3, -0.25) is 0 Å². The fraction of sp³-hybridized carbons (Fsp3) is 0.680. The third-order valence-corrected chi connectivity index (χ3v) is 7.68. The van der Waals surface area contributed by atoms with Crippen molar-refractivity contribution in [3.63, 3.8) is 0 Å². The maximum Gasteiger partial charge on any atom is 0.164 e. The Morgan fingerprint density at radius 3 is 2.36 bits per heavy atom. The molecule has 3 heteroatoms. The van der Waals surface area contributed by atoms with Crippen molar-refractivity contribution in [1.29, 1.82) is 0 Å². The van der Waals surface area contributed by atoms with Gasteiger partial charge in [0.15, 0.2) is 11.5 Å². The molecule has 1 N–H and O–H groups in total. The predicted octanol–water partition coefficient (Wildman–Crippen LogP) is 5.52. The lowest BCUT2D eigenvalue weighted by molar-refractivity contribution is -0.0706. The maximum absolute atomic E-state index is 5.86. The number of allylic oxidation sites excluding steroid dienone is 1. The number of hydrogen-bond acceptors (Lipinski definition) is 3. The lowest BCUT2D eigenvalue weighted by Gasteiger charge is -2.59. The second-order valence-corrected chi connectivity index (χ2v) is 9.59. The maximum atomic E-state index is 5.86. The standard InChI is InChI=1S/C25H37NO2/c1-5-7-22-11-21(12-23(27-4)24(22)28-6-2)16-26-17(3)25-13-18-8-19(14-25)10-20(9-18)15-25/h5,11-12,17-20,26H,1,6-10,13-16H2,2-4H3. The highest BCUT2D eigenvalue weighted by Gasteiger charge is 2.52. The molecule has 0 heterocycles. The number of rotatable bonds is 9. The highest BCUT2D eigenvalue weighted by atomic mass is 16.5. The summed E-state index contributed by atoms with van der Waals surface area (Å²) in [7, 11) is 1.73. The molecular formula is C25H37NO2. The van der Waals surface area contributed by atoms with Crippen LogP contribution >= 0.6 is 0 Å². The molecule has 1 aromatic rings. The lowest BCUT2D eigenvalue weighted by Crippen LogP contribution is -2.54. The Morgan fingerprint density at radius 1 is 1.18 bits per heavy atom. The summed E-state index contributed by atoms with van der Waals surface area (Å²) in [5.74, 6) is 4.70. The van der Waals surface area contributed by atoms with Gasteiger partial charge in [0, 0.05) is 18.2 Å². The molecule has 4 saturated carbocycles. The number of benzene rings is 1. The zero-order chi connectivity index (χ0) is 19.7. The SMILES string of the molecule is C=CCc1cc(CNC(C)C23CC4CC(CC(C4)C2)C3)cc(OC)c1OCC. The quantitative estimate of drug-likeness (QED) is 0.570. The van der Waals surface area contributed by atoms with Crippen molar-refractivity contribution in [2.45, 2.75) is 71.4 Å². The summed E-state index contributed by atoms with van der Waals surface area (Å²) < 4.78 is 11.5. The number of nitrogens with one attached hydrogen (secondary N) is 1. The fourth-order valence-corrected chi connectivity index (χ4v) is 6.79. The van der Waals surface area contributed by atoms with Crippen LogP contribution in [0, 0.1) is 23.2 Å². The van der Waals surface area contributed by atoms with Crippen molar-refractivity contribution < 1.29 is 9.47 Å². The molecule has 4 aliphatic carbocycles. The zero-order valence-electron chi connectivity index (χ0n) is 17.9. The van der Waals surface area contributed by atoms with Gasteiger partial charge in [0.2, 0.25) is 0 Å². The molecule has 28 heavy (non-hydrogen) atoms. The van der Waals surface area contributed by atoms with Crippen molar-refractivity contribution in [2.24, 2.45) is 23.2 Å². The van der Waals surface area contributed by atoms with Crippen molar-refractivity contribution in [3.05, 3.63) is 35.9 Å². The Morgan fingerprint density at radius 2 is 1.82 bits per heavy atom. The van der Waals surface area contributed by atoms with E-state index in [9.17, 15) is 0 Å². The first-order chi connectivity index (χ1) is 13.6. The summed E-state index contributed by atoms with van der Waals surface area (Å²) in [6.45, 7) is 9.88. The monoisotopic (exact) mass is 383 g/mol. The molecule has 4 bridgehead atoms. The second-order valence-electron chi connectivity index (χ2n) is 9.59. The third kappa shape index (κ3) is 3.70. The Labute approximate surface area is 170 Å². The Hall–Kier alpha value is -1.48. The summed E-state index contributed by atoms with van der Waals surface area (Å²) in [5.41, 5.74) is 2.97. The summed E-state index contributed by atoms with van der Waals surface area (Å²) in [6, 6.07) is 4.97. The van der Waals surface area contributed by atoms with Gasteiger partial charge < -0.3 is 14.8 Å². The molecule has 4 fully saturated rings. The molecule has 0 spiro atoms.